The van der Waals surface area contributed by atoms with Crippen LogP contribution in [-0.2, 0) is 9.47 Å². The number of ether oxygens (including phenoxy) is 2. The predicted octanol–water partition coefficient (Wildman–Crippen LogP) is 1.90. The van der Waals surface area contributed by atoms with E-state index in [-0.39, 0.29) is 6.29 Å². The molecule has 0 bridgehead atoms. The molecule has 3 heteroatoms. The summed E-state index contributed by atoms with van der Waals surface area (Å²) < 4.78 is 11.0. The summed E-state index contributed by atoms with van der Waals surface area (Å²) in [6, 6.07) is 0. The Kier molecular flexibility index (Phi) is 9.87. The molecule has 0 aliphatic heterocycles. The molecule has 0 fully saturated rings. The van der Waals surface area contributed by atoms with Crippen molar-refractivity contribution in [1.29, 1.82) is 0 Å². The molecule has 0 amide bonds. The highest BCUT2D eigenvalue weighted by atomic mass is 16.7. The molecule has 0 atom stereocenters. The van der Waals surface area contributed by atoms with E-state index in [4.69, 9.17) is 15.2 Å². The average molecular weight is 189 g/mol. The standard InChI is InChI=1S/C10H23NO2/c1-3-8-12-10(6-5-7-11)13-9-4-2/h10H,3-9,11H2,1-2H3. The molecular formula is C10H23NO2. The smallest absolute Gasteiger partial charge is 0.157 e. The zero-order valence-corrected chi connectivity index (χ0v) is 8.92. The van der Waals surface area contributed by atoms with E-state index >= 15 is 0 Å². The highest BCUT2D eigenvalue weighted by molar-refractivity contribution is 4.47. The van der Waals surface area contributed by atoms with Crippen molar-refractivity contribution in [1.82, 2.24) is 0 Å². The Labute approximate surface area is 81.6 Å². The van der Waals surface area contributed by atoms with Crippen molar-refractivity contribution in [2.45, 2.75) is 45.8 Å². The second-order valence-electron chi connectivity index (χ2n) is 3.10. The van der Waals surface area contributed by atoms with Gasteiger partial charge in [-0.2, -0.15) is 0 Å². The van der Waals surface area contributed by atoms with Crippen LogP contribution in [0.4, 0.5) is 0 Å². The molecule has 0 aromatic rings. The summed E-state index contributed by atoms with van der Waals surface area (Å²) in [5, 5.41) is 0. The largest absolute Gasteiger partial charge is 0.353 e. The van der Waals surface area contributed by atoms with E-state index in [9.17, 15) is 0 Å². The first kappa shape index (κ1) is 12.9. The van der Waals surface area contributed by atoms with Crippen molar-refractivity contribution < 1.29 is 9.47 Å². The molecule has 0 rings (SSSR count). The van der Waals surface area contributed by atoms with Gasteiger partial charge < -0.3 is 15.2 Å². The first-order chi connectivity index (χ1) is 6.35. The maximum absolute atomic E-state index is 5.52. The van der Waals surface area contributed by atoms with E-state index in [1.54, 1.807) is 0 Å². The van der Waals surface area contributed by atoms with E-state index in [0.29, 0.717) is 6.54 Å². The van der Waals surface area contributed by atoms with Gasteiger partial charge in [-0.15, -0.1) is 0 Å². The van der Waals surface area contributed by atoms with E-state index in [1.807, 2.05) is 0 Å². The highest BCUT2D eigenvalue weighted by Gasteiger charge is 2.07. The molecule has 0 unspecified atom stereocenters. The van der Waals surface area contributed by atoms with Crippen LogP contribution in [0, 0.1) is 0 Å². The van der Waals surface area contributed by atoms with E-state index in [2.05, 4.69) is 13.8 Å². The van der Waals surface area contributed by atoms with Gasteiger partial charge in [0.2, 0.25) is 0 Å². The Morgan fingerprint density at radius 3 is 2.00 bits per heavy atom. The number of hydrogen-bond donors (Lipinski definition) is 1. The van der Waals surface area contributed by atoms with Crippen LogP contribution in [0.15, 0.2) is 0 Å². The van der Waals surface area contributed by atoms with Gasteiger partial charge in [-0.3, -0.25) is 0 Å². The Morgan fingerprint density at radius 2 is 1.62 bits per heavy atom. The molecule has 13 heavy (non-hydrogen) atoms. The monoisotopic (exact) mass is 189 g/mol. The average Bonchev–Trinajstić information content (AvgIpc) is 2.17. The van der Waals surface area contributed by atoms with Crippen molar-refractivity contribution in [3.8, 4) is 0 Å². The molecule has 0 spiro atoms. The number of rotatable bonds is 9. The Hall–Kier alpha value is -0.120. The molecule has 3 nitrogen and oxygen atoms in total. The van der Waals surface area contributed by atoms with Gasteiger partial charge in [0, 0.05) is 13.2 Å². The van der Waals surface area contributed by atoms with Crippen LogP contribution in [0.25, 0.3) is 0 Å². The molecule has 80 valence electrons. The summed E-state index contributed by atoms with van der Waals surface area (Å²) in [6.45, 7) is 6.46. The minimum absolute atomic E-state index is 0.0385. The third-order valence-corrected chi connectivity index (χ3v) is 1.66. The lowest BCUT2D eigenvalue weighted by molar-refractivity contribution is -0.146. The van der Waals surface area contributed by atoms with Gasteiger partial charge in [0.05, 0.1) is 0 Å². The van der Waals surface area contributed by atoms with E-state index in [0.717, 1.165) is 38.9 Å². The summed E-state index contributed by atoms with van der Waals surface area (Å²) in [5.74, 6) is 0. The molecule has 0 aromatic heterocycles. The number of nitrogens with two attached hydrogens (primary N) is 1. The second-order valence-corrected chi connectivity index (χ2v) is 3.10. The normalized spacial score (nSPS) is 11.1. The van der Waals surface area contributed by atoms with Crippen molar-refractivity contribution in [3.63, 3.8) is 0 Å². The van der Waals surface area contributed by atoms with Crippen molar-refractivity contribution >= 4 is 0 Å². The van der Waals surface area contributed by atoms with Crippen LogP contribution >= 0.6 is 0 Å². The fourth-order valence-electron chi connectivity index (χ4n) is 0.998. The predicted molar refractivity (Wildman–Crippen MR) is 54.6 cm³/mol. The zero-order chi connectivity index (χ0) is 9.94. The molecule has 0 saturated carbocycles. The van der Waals surface area contributed by atoms with Crippen LogP contribution in [0.3, 0.4) is 0 Å². The minimum Gasteiger partial charge on any atom is -0.353 e. The number of hydrogen-bond acceptors (Lipinski definition) is 3. The van der Waals surface area contributed by atoms with Crippen LogP contribution in [0.1, 0.15) is 39.5 Å². The van der Waals surface area contributed by atoms with Crippen molar-refractivity contribution in [2.75, 3.05) is 19.8 Å². The summed E-state index contributed by atoms with van der Waals surface area (Å²) >= 11 is 0. The Bertz CT molecular complexity index is 79.9. The molecule has 0 aromatic carbocycles. The highest BCUT2D eigenvalue weighted by Crippen LogP contribution is 2.05. The van der Waals surface area contributed by atoms with Crippen molar-refractivity contribution in [3.05, 3.63) is 0 Å². The topological polar surface area (TPSA) is 44.5 Å². The van der Waals surface area contributed by atoms with E-state index in [1.165, 1.54) is 0 Å². The van der Waals surface area contributed by atoms with Gasteiger partial charge in [-0.25, -0.2) is 0 Å². The third kappa shape index (κ3) is 8.22. The maximum Gasteiger partial charge on any atom is 0.157 e. The van der Waals surface area contributed by atoms with Crippen LogP contribution in [0.5, 0.6) is 0 Å². The zero-order valence-electron chi connectivity index (χ0n) is 8.92. The van der Waals surface area contributed by atoms with Gasteiger partial charge in [-0.1, -0.05) is 13.8 Å². The summed E-state index contributed by atoms with van der Waals surface area (Å²) in [5.41, 5.74) is 5.42. The quantitative estimate of drug-likeness (QED) is 0.563. The molecule has 0 heterocycles. The van der Waals surface area contributed by atoms with Crippen molar-refractivity contribution in [2.24, 2.45) is 5.73 Å². The molecular weight excluding hydrogens is 166 g/mol. The molecule has 2 N–H and O–H groups in total. The lowest BCUT2D eigenvalue weighted by atomic mass is 10.3. The Balaban J connectivity index is 3.47. The summed E-state index contributed by atoms with van der Waals surface area (Å²) in [4.78, 5) is 0. The third-order valence-electron chi connectivity index (χ3n) is 1.66. The molecule has 0 aliphatic carbocycles. The summed E-state index contributed by atoms with van der Waals surface area (Å²) in [7, 11) is 0. The molecule has 0 saturated heterocycles. The lowest BCUT2D eigenvalue weighted by Gasteiger charge is -2.17. The van der Waals surface area contributed by atoms with Gasteiger partial charge >= 0.3 is 0 Å². The fourth-order valence-corrected chi connectivity index (χ4v) is 0.998. The lowest BCUT2D eigenvalue weighted by Crippen LogP contribution is -2.19. The van der Waals surface area contributed by atoms with Crippen LogP contribution in [-0.4, -0.2) is 26.0 Å². The van der Waals surface area contributed by atoms with E-state index < -0.39 is 0 Å². The maximum atomic E-state index is 5.52. The van der Waals surface area contributed by atoms with Gasteiger partial charge in [0.15, 0.2) is 6.29 Å². The fraction of sp³-hybridized carbons (Fsp3) is 1.00. The SMILES string of the molecule is CCCOC(CCCN)OCCC. The van der Waals surface area contributed by atoms with Crippen LogP contribution < -0.4 is 5.73 Å². The molecule has 0 radical (unpaired) electrons. The summed E-state index contributed by atoms with van der Waals surface area (Å²) in [6.07, 6.45) is 3.92. The molecule has 0 aliphatic rings. The minimum atomic E-state index is -0.0385. The van der Waals surface area contributed by atoms with Crippen LogP contribution in [0.2, 0.25) is 0 Å². The first-order valence-electron chi connectivity index (χ1n) is 5.28. The first-order valence-corrected chi connectivity index (χ1v) is 5.28. The van der Waals surface area contributed by atoms with Gasteiger partial charge in [0.25, 0.3) is 0 Å². The second kappa shape index (κ2) is 9.96. The Morgan fingerprint density at radius 1 is 1.08 bits per heavy atom. The van der Waals surface area contributed by atoms with Gasteiger partial charge in [0.1, 0.15) is 0 Å². The van der Waals surface area contributed by atoms with Gasteiger partial charge in [-0.05, 0) is 32.2 Å².